The summed E-state index contributed by atoms with van der Waals surface area (Å²) in [5, 5.41) is 69.2. The van der Waals surface area contributed by atoms with Crippen molar-refractivity contribution in [3.8, 4) is 17.2 Å². The summed E-state index contributed by atoms with van der Waals surface area (Å²) < 4.78 is 27.9. The van der Waals surface area contributed by atoms with Gasteiger partial charge < -0.3 is 59.4 Å². The molecule has 7 N–H and O–H groups in total. The van der Waals surface area contributed by atoms with Crippen LogP contribution in [0.1, 0.15) is 138 Å². The van der Waals surface area contributed by atoms with E-state index in [4.69, 9.17) is 23.7 Å². The third-order valence-electron chi connectivity index (χ3n) is 12.5. The summed E-state index contributed by atoms with van der Waals surface area (Å²) in [6.45, 7) is 14.4. The highest BCUT2D eigenvalue weighted by Gasteiger charge is 2.43. The molecule has 3 aromatic rings. The average Bonchev–Trinajstić information content (AvgIpc) is 3.65. The Labute approximate surface area is 453 Å². The van der Waals surface area contributed by atoms with Gasteiger partial charge in [-0.25, -0.2) is 14.4 Å². The third kappa shape index (κ3) is 17.3. The van der Waals surface area contributed by atoms with E-state index in [0.29, 0.717) is 24.0 Å². The van der Waals surface area contributed by atoms with Crippen LogP contribution in [0.4, 0.5) is 0 Å². The number of phenols is 3. The molecular weight excluding hydrogens is 1010 g/mol. The monoisotopic (exact) mass is 1080 g/mol. The highest BCUT2D eigenvalue weighted by Crippen LogP contribution is 2.33. The Bertz CT molecular complexity index is 2760. The molecule has 78 heavy (non-hydrogen) atoms. The molecule has 4 aliphatic rings. The van der Waals surface area contributed by atoms with Crippen molar-refractivity contribution in [1.82, 2.24) is 0 Å². The van der Waals surface area contributed by atoms with E-state index >= 15 is 0 Å². The number of hydrogen-bond acceptors (Lipinski definition) is 18. The number of benzene rings is 3. The van der Waals surface area contributed by atoms with Crippen LogP contribution in [0.15, 0.2) is 91.1 Å². The van der Waals surface area contributed by atoms with E-state index in [0.717, 1.165) is 34.4 Å². The van der Waals surface area contributed by atoms with Crippen LogP contribution in [0.3, 0.4) is 0 Å². The number of ether oxygens (including phenoxy) is 5. The topological polar surface area (TPSA) is 290 Å². The van der Waals surface area contributed by atoms with Gasteiger partial charge in [-0.05, 0) is 133 Å². The van der Waals surface area contributed by atoms with Gasteiger partial charge in [0.05, 0.1) is 23.9 Å². The van der Waals surface area contributed by atoms with Gasteiger partial charge in [0, 0.05) is 25.3 Å². The predicted molar refractivity (Wildman–Crippen MR) is 288 cm³/mol. The molecule has 9 atom stereocenters. The van der Waals surface area contributed by atoms with Crippen molar-refractivity contribution in [2.24, 2.45) is 0 Å². The Morgan fingerprint density at radius 2 is 0.833 bits per heavy atom. The van der Waals surface area contributed by atoms with Gasteiger partial charge in [-0.1, -0.05) is 78.4 Å². The first-order valence-electron chi connectivity index (χ1n) is 25.6. The van der Waals surface area contributed by atoms with E-state index in [1.165, 1.54) is 54.7 Å². The SMILES string of the molecule is C[C@H]1C/C=C\C(=O)[C@H](O)[C@H](O)C/C=C/c2cc(O)cc(O)c2C(=O)O1.Cc1cc(C)c2c(c1)/C=C/C[C@H]1OC(C)(C)O[C@H]1C(=O)/C=C\C[C@H](C)OC2=O.Cc1cc(O)c2c(c1)/C=C/C[C@@H](O)[C@@H](O)C(=O)/C=C\C[C@H](C)OC2=O. The second kappa shape index (κ2) is 27.8. The first-order chi connectivity index (χ1) is 36.7. The third-order valence-corrected chi connectivity index (χ3v) is 12.5. The van der Waals surface area contributed by atoms with Crippen LogP contribution in [0.2, 0.25) is 0 Å². The molecule has 1 fully saturated rings. The summed E-state index contributed by atoms with van der Waals surface area (Å²) in [7, 11) is 0. The quantitative estimate of drug-likeness (QED) is 0.0847. The number of ketones is 3. The summed E-state index contributed by atoms with van der Waals surface area (Å²) in [5.74, 6) is -4.85. The maximum atomic E-state index is 12.8. The van der Waals surface area contributed by atoms with E-state index < -0.39 is 77.8 Å². The van der Waals surface area contributed by atoms with Gasteiger partial charge in [0.2, 0.25) is 0 Å². The van der Waals surface area contributed by atoms with Crippen LogP contribution < -0.4 is 0 Å². The number of carbonyl (C=O) groups is 6. The molecule has 0 spiro atoms. The molecule has 4 aliphatic heterocycles. The molecule has 0 aliphatic carbocycles. The summed E-state index contributed by atoms with van der Waals surface area (Å²) in [6.07, 6.45) is 11.4. The molecule has 0 radical (unpaired) electrons. The van der Waals surface area contributed by atoms with Gasteiger partial charge in [-0.3, -0.25) is 14.4 Å². The molecule has 0 bridgehead atoms. The van der Waals surface area contributed by atoms with Gasteiger partial charge >= 0.3 is 17.9 Å². The molecule has 0 amide bonds. The molecule has 3 aromatic carbocycles. The van der Waals surface area contributed by atoms with Crippen LogP contribution in [0.5, 0.6) is 17.2 Å². The number of aryl methyl sites for hydroxylation is 3. The van der Waals surface area contributed by atoms with Crippen molar-refractivity contribution in [3.63, 3.8) is 0 Å². The lowest BCUT2D eigenvalue weighted by Crippen LogP contribution is -2.32. The van der Waals surface area contributed by atoms with Gasteiger partial charge in [-0.15, -0.1) is 0 Å². The zero-order chi connectivity index (χ0) is 57.6. The zero-order valence-electron chi connectivity index (χ0n) is 45.0. The lowest BCUT2D eigenvalue weighted by atomic mass is 9.97. The number of esters is 3. The van der Waals surface area contributed by atoms with Gasteiger partial charge in [0.15, 0.2) is 23.1 Å². The van der Waals surface area contributed by atoms with Crippen molar-refractivity contribution in [2.75, 3.05) is 0 Å². The number of phenolic OH excluding ortho intramolecular Hbond substituents is 3. The Balaban J connectivity index is 0.000000216. The summed E-state index contributed by atoms with van der Waals surface area (Å²) in [5.41, 5.74) is 4.64. The largest absolute Gasteiger partial charge is 0.508 e. The smallest absolute Gasteiger partial charge is 0.342 e. The maximum Gasteiger partial charge on any atom is 0.342 e. The fourth-order valence-electron chi connectivity index (χ4n) is 8.72. The standard InChI is InChI=1S/C23H28O5.C19H22O6.C18H20O7/c1-14-12-15(2)20-17(13-14)9-7-11-19-21(28-23(4,5)27-19)18(24)10-6-8-16(3)26-22(20)25;1-11-9-13-6-4-8-15(21)18(23)14(20)7-3-5-12(2)25-19(24)17(13)16(22)10-11;1-10-4-2-6-13(20)17(23)14(21)7-3-5-11-8-12(19)9-15(22)16(11)18(24)25-10/h6-7,9-10,12-13,16,19,21H,8,11H2,1-5H3;3-4,6-7,9-10,12,15,18,21-23H,5,8H2,1-2H3;2-3,5-6,8-10,14,17,19,21-23H,4,7H2,1H3/b9-7+,10-6-;6-4+,7-3-;5-3+,6-2-/t16-,19+,21-;12-,15+,18-;10-,14+,17-/m000/s1. The van der Waals surface area contributed by atoms with Crippen molar-refractivity contribution in [1.29, 1.82) is 0 Å². The molecule has 18 nitrogen and oxygen atoms in total. The summed E-state index contributed by atoms with van der Waals surface area (Å²) in [4.78, 5) is 73.6. The highest BCUT2D eigenvalue weighted by molar-refractivity contribution is 5.99. The zero-order valence-corrected chi connectivity index (χ0v) is 45.0. The number of aromatic hydroxyl groups is 3. The van der Waals surface area contributed by atoms with Crippen LogP contribution >= 0.6 is 0 Å². The molecule has 0 unspecified atom stereocenters. The number of rotatable bonds is 0. The van der Waals surface area contributed by atoms with E-state index in [1.54, 1.807) is 39.0 Å². The molecule has 0 saturated carbocycles. The molecule has 0 aromatic heterocycles. The summed E-state index contributed by atoms with van der Waals surface area (Å²) >= 11 is 0. The average molecular weight is 1080 g/mol. The van der Waals surface area contributed by atoms with Crippen molar-refractivity contribution in [3.05, 3.63) is 141 Å². The van der Waals surface area contributed by atoms with Crippen LogP contribution in [0.25, 0.3) is 18.2 Å². The summed E-state index contributed by atoms with van der Waals surface area (Å²) in [6, 6.07) is 9.41. The molecule has 1 saturated heterocycles. The molecule has 418 valence electrons. The van der Waals surface area contributed by atoms with Crippen LogP contribution in [-0.4, -0.2) is 132 Å². The predicted octanol–water partition coefficient (Wildman–Crippen LogP) is 7.50. The lowest BCUT2D eigenvalue weighted by Gasteiger charge is -2.16. The minimum atomic E-state index is -1.57. The Hall–Kier alpha value is -7.32. The Morgan fingerprint density at radius 3 is 1.32 bits per heavy atom. The number of hydrogen-bond donors (Lipinski definition) is 7. The number of cyclic esters (lactones) is 3. The highest BCUT2D eigenvalue weighted by atomic mass is 16.8. The lowest BCUT2D eigenvalue weighted by molar-refractivity contribution is -0.152. The van der Waals surface area contributed by atoms with Crippen molar-refractivity contribution in [2.45, 2.75) is 155 Å². The maximum absolute atomic E-state index is 12.8. The Morgan fingerprint density at radius 1 is 0.449 bits per heavy atom. The van der Waals surface area contributed by atoms with Gasteiger partial charge in [-0.2, -0.15) is 0 Å². The minimum Gasteiger partial charge on any atom is -0.508 e. The number of fused-ring (bicyclic) bond motifs is 4. The molecule has 4 heterocycles. The number of aliphatic hydroxyl groups is 4. The van der Waals surface area contributed by atoms with Crippen molar-refractivity contribution < 1.29 is 88.2 Å². The van der Waals surface area contributed by atoms with Gasteiger partial charge in [0.1, 0.15) is 65.0 Å². The van der Waals surface area contributed by atoms with Crippen LogP contribution in [0, 0.1) is 20.8 Å². The fourth-order valence-corrected chi connectivity index (χ4v) is 8.72. The number of carbonyl (C=O) groups excluding carboxylic acids is 6. The number of aliphatic hydroxyl groups excluding tert-OH is 4. The fraction of sp³-hybridized carbons (Fsp3) is 0.400. The van der Waals surface area contributed by atoms with Crippen molar-refractivity contribution >= 4 is 53.5 Å². The normalized spacial score (nSPS) is 28.5. The second-order valence-electron chi connectivity index (χ2n) is 20.0. The first kappa shape index (κ1) is 61.5. The van der Waals surface area contributed by atoms with Crippen LogP contribution in [-0.2, 0) is 38.1 Å². The van der Waals surface area contributed by atoms with E-state index in [1.807, 2.05) is 58.9 Å². The minimum absolute atomic E-state index is 0.0142. The molecule has 18 heteroatoms. The Kier molecular flexibility index (Phi) is 22.0. The molecule has 7 rings (SSSR count). The molecular formula is C60H70O18. The van der Waals surface area contributed by atoms with E-state index in [2.05, 4.69) is 0 Å². The first-order valence-corrected chi connectivity index (χ1v) is 25.6. The van der Waals surface area contributed by atoms with E-state index in [-0.39, 0.29) is 77.8 Å². The van der Waals surface area contributed by atoms with E-state index in [9.17, 15) is 64.5 Å². The second-order valence-corrected chi connectivity index (χ2v) is 20.0. The van der Waals surface area contributed by atoms with Gasteiger partial charge in [0.25, 0.3) is 0 Å².